The van der Waals surface area contributed by atoms with Gasteiger partial charge in [-0.3, -0.25) is 0 Å². The maximum atomic E-state index is 3.42. The number of thiophene rings is 1. The summed E-state index contributed by atoms with van der Waals surface area (Å²) in [6.07, 6.45) is 1.15. The number of aryl methyl sites for hydroxylation is 1. The highest BCUT2D eigenvalue weighted by molar-refractivity contribution is 7.11. The molecular weight excluding hydrogens is 192 g/mol. The normalized spacial score (nSPS) is 10.7. The van der Waals surface area contributed by atoms with Crippen LogP contribution in [0.25, 0.3) is 0 Å². The second-order valence-electron chi connectivity index (χ2n) is 3.25. The van der Waals surface area contributed by atoms with Gasteiger partial charge < -0.3 is 10.6 Å². The highest BCUT2D eigenvalue weighted by atomic mass is 32.1. The molecule has 0 aliphatic carbocycles. The van der Waals surface area contributed by atoms with Gasteiger partial charge >= 0.3 is 0 Å². The molecule has 0 aliphatic heterocycles. The van der Waals surface area contributed by atoms with Gasteiger partial charge in [0.1, 0.15) is 0 Å². The molecule has 2 N–H and O–H groups in total. The number of hydrogen-bond acceptors (Lipinski definition) is 3. The molecule has 0 bridgehead atoms. The zero-order valence-corrected chi connectivity index (χ0v) is 9.91. The zero-order chi connectivity index (χ0) is 10.2. The summed E-state index contributed by atoms with van der Waals surface area (Å²) >= 11 is 1.91. The Bertz CT molecular complexity index is 245. The molecule has 14 heavy (non-hydrogen) atoms. The molecule has 0 fully saturated rings. The second kappa shape index (κ2) is 6.98. The van der Waals surface area contributed by atoms with Crippen LogP contribution in [0.3, 0.4) is 0 Å². The first kappa shape index (κ1) is 11.7. The molecule has 0 radical (unpaired) electrons. The van der Waals surface area contributed by atoms with Crippen LogP contribution in [0.1, 0.15) is 23.6 Å². The SMILES string of the molecule is CCNCCNCc1ccc(CC)s1. The molecule has 0 aromatic carbocycles. The Kier molecular flexibility index (Phi) is 5.83. The molecule has 1 rings (SSSR count). The highest BCUT2D eigenvalue weighted by Gasteiger charge is 1.97. The van der Waals surface area contributed by atoms with Gasteiger partial charge in [0.15, 0.2) is 0 Å². The number of rotatable bonds is 7. The van der Waals surface area contributed by atoms with Crippen molar-refractivity contribution in [2.45, 2.75) is 26.8 Å². The fourth-order valence-corrected chi connectivity index (χ4v) is 2.20. The Labute approximate surface area is 90.7 Å². The van der Waals surface area contributed by atoms with Crippen LogP contribution < -0.4 is 10.6 Å². The van der Waals surface area contributed by atoms with Gasteiger partial charge in [-0.05, 0) is 25.1 Å². The first-order valence-corrected chi connectivity index (χ1v) is 6.17. The molecule has 0 saturated heterocycles. The van der Waals surface area contributed by atoms with Gasteiger partial charge in [-0.15, -0.1) is 11.3 Å². The van der Waals surface area contributed by atoms with E-state index in [1.807, 2.05) is 11.3 Å². The molecule has 1 aromatic heterocycles. The van der Waals surface area contributed by atoms with Crippen LogP contribution in [-0.4, -0.2) is 19.6 Å². The summed E-state index contributed by atoms with van der Waals surface area (Å²) in [5.41, 5.74) is 0. The minimum Gasteiger partial charge on any atom is -0.316 e. The summed E-state index contributed by atoms with van der Waals surface area (Å²) in [5, 5.41) is 6.71. The van der Waals surface area contributed by atoms with Crippen molar-refractivity contribution >= 4 is 11.3 Å². The quantitative estimate of drug-likeness (QED) is 0.676. The minimum absolute atomic E-state index is 1.01. The summed E-state index contributed by atoms with van der Waals surface area (Å²) in [7, 11) is 0. The Balaban J connectivity index is 2.12. The van der Waals surface area contributed by atoms with Gasteiger partial charge in [-0.25, -0.2) is 0 Å². The van der Waals surface area contributed by atoms with Crippen LogP contribution in [0.5, 0.6) is 0 Å². The van der Waals surface area contributed by atoms with E-state index in [4.69, 9.17) is 0 Å². The van der Waals surface area contributed by atoms with Crippen LogP contribution in [0.4, 0.5) is 0 Å². The summed E-state index contributed by atoms with van der Waals surface area (Å²) in [6.45, 7) is 8.51. The van der Waals surface area contributed by atoms with E-state index in [-0.39, 0.29) is 0 Å². The van der Waals surface area contributed by atoms with E-state index < -0.39 is 0 Å². The van der Waals surface area contributed by atoms with E-state index >= 15 is 0 Å². The molecule has 0 atom stereocenters. The van der Waals surface area contributed by atoms with Gasteiger partial charge in [0.05, 0.1) is 0 Å². The molecule has 0 unspecified atom stereocenters. The van der Waals surface area contributed by atoms with E-state index in [1.165, 1.54) is 9.75 Å². The van der Waals surface area contributed by atoms with Crippen LogP contribution in [0.2, 0.25) is 0 Å². The number of likely N-dealkylation sites (N-methyl/N-ethyl adjacent to an activating group) is 1. The van der Waals surface area contributed by atoms with E-state index in [2.05, 4.69) is 36.6 Å². The predicted molar refractivity (Wildman–Crippen MR) is 63.9 cm³/mol. The van der Waals surface area contributed by atoms with Gasteiger partial charge in [-0.2, -0.15) is 0 Å². The Morgan fingerprint density at radius 3 is 2.43 bits per heavy atom. The highest BCUT2D eigenvalue weighted by Crippen LogP contribution is 2.16. The molecule has 0 amide bonds. The van der Waals surface area contributed by atoms with Gasteiger partial charge in [0.25, 0.3) is 0 Å². The molecule has 0 spiro atoms. The van der Waals surface area contributed by atoms with Crippen molar-refractivity contribution in [1.29, 1.82) is 0 Å². The standard InChI is InChI=1S/C11H20N2S/c1-3-10-5-6-11(14-10)9-13-8-7-12-4-2/h5-6,12-13H,3-4,7-9H2,1-2H3. The average molecular weight is 212 g/mol. The molecule has 80 valence electrons. The number of hydrogen-bond donors (Lipinski definition) is 2. The zero-order valence-electron chi connectivity index (χ0n) is 9.10. The molecule has 2 nitrogen and oxygen atoms in total. The fraction of sp³-hybridized carbons (Fsp3) is 0.636. The third-order valence-electron chi connectivity index (χ3n) is 2.09. The maximum absolute atomic E-state index is 3.42. The Hall–Kier alpha value is -0.380. The average Bonchev–Trinajstić information content (AvgIpc) is 2.65. The summed E-state index contributed by atoms with van der Waals surface area (Å²) < 4.78 is 0. The van der Waals surface area contributed by atoms with Crippen LogP contribution in [0.15, 0.2) is 12.1 Å². The van der Waals surface area contributed by atoms with Crippen molar-refractivity contribution in [3.8, 4) is 0 Å². The van der Waals surface area contributed by atoms with E-state index in [1.54, 1.807) is 0 Å². The summed E-state index contributed by atoms with van der Waals surface area (Å²) in [5.74, 6) is 0. The molecule has 3 heteroatoms. The predicted octanol–water partition coefficient (Wildman–Crippen LogP) is 2.01. The largest absolute Gasteiger partial charge is 0.316 e. The lowest BCUT2D eigenvalue weighted by Crippen LogP contribution is -2.26. The third-order valence-corrected chi connectivity index (χ3v) is 3.32. The van der Waals surface area contributed by atoms with Crippen molar-refractivity contribution in [2.75, 3.05) is 19.6 Å². The first-order chi connectivity index (χ1) is 6.86. The van der Waals surface area contributed by atoms with Gasteiger partial charge in [-0.1, -0.05) is 13.8 Å². The van der Waals surface area contributed by atoms with E-state index in [0.717, 1.165) is 32.6 Å². The Morgan fingerprint density at radius 1 is 1.07 bits per heavy atom. The third kappa shape index (κ3) is 4.22. The van der Waals surface area contributed by atoms with Crippen molar-refractivity contribution in [1.82, 2.24) is 10.6 Å². The topological polar surface area (TPSA) is 24.1 Å². The molecular formula is C11H20N2S. The smallest absolute Gasteiger partial charge is 0.0300 e. The van der Waals surface area contributed by atoms with Crippen molar-refractivity contribution < 1.29 is 0 Å². The van der Waals surface area contributed by atoms with Crippen molar-refractivity contribution in [3.05, 3.63) is 21.9 Å². The molecule has 0 aliphatic rings. The van der Waals surface area contributed by atoms with Crippen molar-refractivity contribution in [3.63, 3.8) is 0 Å². The fourth-order valence-electron chi connectivity index (χ4n) is 1.27. The summed E-state index contributed by atoms with van der Waals surface area (Å²) in [6, 6.07) is 4.45. The summed E-state index contributed by atoms with van der Waals surface area (Å²) in [4.78, 5) is 2.92. The lowest BCUT2D eigenvalue weighted by molar-refractivity contribution is 0.628. The van der Waals surface area contributed by atoms with E-state index in [9.17, 15) is 0 Å². The maximum Gasteiger partial charge on any atom is 0.0300 e. The second-order valence-corrected chi connectivity index (χ2v) is 4.50. The first-order valence-electron chi connectivity index (χ1n) is 5.35. The molecule has 1 heterocycles. The van der Waals surface area contributed by atoms with Crippen molar-refractivity contribution in [2.24, 2.45) is 0 Å². The number of nitrogens with one attached hydrogen (secondary N) is 2. The monoisotopic (exact) mass is 212 g/mol. The van der Waals surface area contributed by atoms with Crippen LogP contribution in [0, 0.1) is 0 Å². The van der Waals surface area contributed by atoms with Crippen LogP contribution >= 0.6 is 11.3 Å². The molecule has 0 saturated carbocycles. The lowest BCUT2D eigenvalue weighted by atomic mass is 10.3. The molecule has 1 aromatic rings. The lowest BCUT2D eigenvalue weighted by Gasteiger charge is -2.02. The van der Waals surface area contributed by atoms with Crippen LogP contribution in [-0.2, 0) is 13.0 Å². The minimum atomic E-state index is 1.01. The van der Waals surface area contributed by atoms with E-state index in [0.29, 0.717) is 0 Å². The van der Waals surface area contributed by atoms with Gasteiger partial charge in [0, 0.05) is 29.4 Å². The Morgan fingerprint density at radius 2 is 1.79 bits per heavy atom. The van der Waals surface area contributed by atoms with Gasteiger partial charge in [0.2, 0.25) is 0 Å².